The minimum Gasteiger partial charge on any atom is -0.362 e. The van der Waals surface area contributed by atoms with Gasteiger partial charge < -0.3 is 10.2 Å². The van der Waals surface area contributed by atoms with Crippen molar-refractivity contribution in [2.45, 2.75) is 27.2 Å². The molecule has 0 aromatic rings. The van der Waals surface area contributed by atoms with Crippen molar-refractivity contribution in [1.82, 2.24) is 15.1 Å². The second-order valence-corrected chi connectivity index (χ2v) is 5.30. The molecule has 0 atom stereocenters. The van der Waals surface area contributed by atoms with E-state index in [0.29, 0.717) is 5.92 Å². The van der Waals surface area contributed by atoms with E-state index in [-0.39, 0.29) is 0 Å². The first-order valence-electron chi connectivity index (χ1n) is 6.38. The largest absolute Gasteiger partial charge is 0.362 e. The van der Waals surface area contributed by atoms with Gasteiger partial charge in [-0.1, -0.05) is 20.8 Å². The Morgan fingerprint density at radius 2 is 1.88 bits per heavy atom. The molecular weight excluding hydrogens is 218 g/mol. The SMILES string of the molecule is CCCN1CCN(C(=S)NCC(C)C)CC1. The lowest BCUT2D eigenvalue weighted by Gasteiger charge is -2.36. The lowest BCUT2D eigenvalue weighted by Crippen LogP contribution is -2.52. The van der Waals surface area contributed by atoms with Crippen LogP contribution in [0.15, 0.2) is 0 Å². The van der Waals surface area contributed by atoms with Crippen molar-refractivity contribution in [3.05, 3.63) is 0 Å². The number of nitrogens with one attached hydrogen (secondary N) is 1. The van der Waals surface area contributed by atoms with Gasteiger partial charge >= 0.3 is 0 Å². The zero-order valence-electron chi connectivity index (χ0n) is 10.8. The maximum atomic E-state index is 5.39. The molecule has 1 rings (SSSR count). The molecule has 1 saturated heterocycles. The molecule has 1 aliphatic heterocycles. The molecule has 3 nitrogen and oxygen atoms in total. The number of nitrogens with zero attached hydrogens (tertiary/aromatic N) is 2. The summed E-state index contributed by atoms with van der Waals surface area (Å²) in [5, 5.41) is 4.27. The first-order chi connectivity index (χ1) is 7.63. The Morgan fingerprint density at radius 3 is 2.38 bits per heavy atom. The van der Waals surface area contributed by atoms with Crippen LogP contribution in [0.3, 0.4) is 0 Å². The van der Waals surface area contributed by atoms with Crippen molar-refractivity contribution < 1.29 is 0 Å². The van der Waals surface area contributed by atoms with Gasteiger partial charge in [-0.3, -0.25) is 4.90 Å². The predicted molar refractivity (Wildman–Crippen MR) is 73.7 cm³/mol. The van der Waals surface area contributed by atoms with E-state index in [1.807, 2.05) is 0 Å². The summed E-state index contributed by atoms with van der Waals surface area (Å²) in [6.45, 7) is 13.3. The van der Waals surface area contributed by atoms with Crippen molar-refractivity contribution in [2.75, 3.05) is 39.3 Å². The van der Waals surface area contributed by atoms with Crippen LogP contribution in [-0.2, 0) is 0 Å². The summed E-state index contributed by atoms with van der Waals surface area (Å²) in [5.74, 6) is 0.652. The lowest BCUT2D eigenvalue weighted by molar-refractivity contribution is 0.181. The van der Waals surface area contributed by atoms with Crippen molar-refractivity contribution in [2.24, 2.45) is 5.92 Å². The third kappa shape index (κ3) is 4.66. The third-order valence-electron chi connectivity index (χ3n) is 2.86. The first-order valence-corrected chi connectivity index (χ1v) is 6.79. The summed E-state index contributed by atoms with van der Waals surface area (Å²) in [4.78, 5) is 4.81. The van der Waals surface area contributed by atoms with Gasteiger partial charge in [0.2, 0.25) is 0 Å². The topological polar surface area (TPSA) is 18.5 Å². The summed E-state index contributed by atoms with van der Waals surface area (Å²) in [7, 11) is 0. The van der Waals surface area contributed by atoms with E-state index in [9.17, 15) is 0 Å². The fraction of sp³-hybridized carbons (Fsp3) is 0.917. The Balaban J connectivity index is 2.22. The number of thiocarbonyl (C=S) groups is 1. The predicted octanol–water partition coefficient (Wildman–Crippen LogP) is 1.54. The van der Waals surface area contributed by atoms with Crippen molar-refractivity contribution in [1.29, 1.82) is 0 Å². The summed E-state index contributed by atoms with van der Waals surface area (Å²) in [6.07, 6.45) is 1.25. The number of hydrogen-bond donors (Lipinski definition) is 1. The minimum atomic E-state index is 0.652. The monoisotopic (exact) mass is 243 g/mol. The van der Waals surface area contributed by atoms with Crippen LogP contribution in [0.4, 0.5) is 0 Å². The van der Waals surface area contributed by atoms with Gasteiger partial charge in [0.25, 0.3) is 0 Å². The van der Waals surface area contributed by atoms with E-state index >= 15 is 0 Å². The molecule has 0 spiro atoms. The molecule has 0 aromatic carbocycles. The average molecular weight is 243 g/mol. The molecule has 0 unspecified atom stereocenters. The Hall–Kier alpha value is -0.350. The average Bonchev–Trinajstić information content (AvgIpc) is 2.27. The molecule has 0 bridgehead atoms. The molecule has 0 aromatic heterocycles. The summed E-state index contributed by atoms with van der Waals surface area (Å²) >= 11 is 5.39. The molecule has 1 N–H and O–H groups in total. The van der Waals surface area contributed by atoms with Gasteiger partial charge in [-0.25, -0.2) is 0 Å². The summed E-state index contributed by atoms with van der Waals surface area (Å²) in [5.41, 5.74) is 0. The number of piperazine rings is 1. The zero-order valence-corrected chi connectivity index (χ0v) is 11.6. The Kier molecular flexibility index (Phi) is 6.06. The molecule has 1 heterocycles. The summed E-state index contributed by atoms with van der Waals surface area (Å²) < 4.78 is 0. The normalized spacial score (nSPS) is 17.9. The van der Waals surface area contributed by atoms with Crippen molar-refractivity contribution >= 4 is 17.3 Å². The minimum absolute atomic E-state index is 0.652. The van der Waals surface area contributed by atoms with Crippen molar-refractivity contribution in [3.8, 4) is 0 Å². The molecule has 1 aliphatic rings. The van der Waals surface area contributed by atoms with Gasteiger partial charge in [0.15, 0.2) is 5.11 Å². The van der Waals surface area contributed by atoms with Crippen LogP contribution >= 0.6 is 12.2 Å². The maximum Gasteiger partial charge on any atom is 0.169 e. The lowest BCUT2D eigenvalue weighted by atomic mass is 10.2. The zero-order chi connectivity index (χ0) is 12.0. The van der Waals surface area contributed by atoms with Crippen LogP contribution in [0.25, 0.3) is 0 Å². The summed E-state index contributed by atoms with van der Waals surface area (Å²) in [6, 6.07) is 0. The second kappa shape index (κ2) is 7.07. The molecule has 0 amide bonds. The third-order valence-corrected chi connectivity index (χ3v) is 3.26. The molecule has 94 valence electrons. The fourth-order valence-corrected chi connectivity index (χ4v) is 2.16. The molecule has 16 heavy (non-hydrogen) atoms. The van der Waals surface area contributed by atoms with Gasteiger partial charge in [0.1, 0.15) is 0 Å². The highest BCUT2D eigenvalue weighted by Crippen LogP contribution is 2.03. The van der Waals surface area contributed by atoms with Gasteiger partial charge in [-0.15, -0.1) is 0 Å². The van der Waals surface area contributed by atoms with Crippen molar-refractivity contribution in [3.63, 3.8) is 0 Å². The van der Waals surface area contributed by atoms with Crippen LogP contribution in [0, 0.1) is 5.92 Å². The number of hydrogen-bond acceptors (Lipinski definition) is 2. The molecule has 1 fully saturated rings. The highest BCUT2D eigenvalue weighted by atomic mass is 32.1. The van der Waals surface area contributed by atoms with Crippen LogP contribution in [0.5, 0.6) is 0 Å². The smallest absolute Gasteiger partial charge is 0.169 e. The molecular formula is C12H25N3S. The highest BCUT2D eigenvalue weighted by molar-refractivity contribution is 7.80. The van der Waals surface area contributed by atoms with E-state index in [1.54, 1.807) is 0 Å². The maximum absolute atomic E-state index is 5.39. The van der Waals surface area contributed by atoms with Crippen LogP contribution in [-0.4, -0.2) is 54.2 Å². The Morgan fingerprint density at radius 1 is 1.25 bits per heavy atom. The van der Waals surface area contributed by atoms with Gasteiger partial charge in [-0.05, 0) is 31.1 Å². The van der Waals surface area contributed by atoms with Gasteiger partial charge in [-0.2, -0.15) is 0 Å². The number of rotatable bonds is 4. The van der Waals surface area contributed by atoms with Crippen LogP contribution in [0.1, 0.15) is 27.2 Å². The van der Waals surface area contributed by atoms with E-state index in [0.717, 1.165) is 37.8 Å². The second-order valence-electron chi connectivity index (χ2n) is 4.91. The van der Waals surface area contributed by atoms with E-state index in [1.165, 1.54) is 13.0 Å². The Labute approximate surface area is 105 Å². The van der Waals surface area contributed by atoms with Crippen LogP contribution in [0.2, 0.25) is 0 Å². The van der Waals surface area contributed by atoms with Gasteiger partial charge in [0, 0.05) is 32.7 Å². The first kappa shape index (κ1) is 13.7. The fourth-order valence-electron chi connectivity index (χ4n) is 1.89. The quantitative estimate of drug-likeness (QED) is 0.755. The highest BCUT2D eigenvalue weighted by Gasteiger charge is 2.17. The molecule has 0 saturated carbocycles. The Bertz CT molecular complexity index is 210. The standard InChI is InChI=1S/C12H25N3S/c1-4-5-14-6-8-15(9-7-14)12(16)13-10-11(2)3/h11H,4-10H2,1-3H3,(H,13,16). The molecule has 0 radical (unpaired) electrons. The van der Waals surface area contributed by atoms with E-state index in [2.05, 4.69) is 35.9 Å². The van der Waals surface area contributed by atoms with E-state index in [4.69, 9.17) is 12.2 Å². The van der Waals surface area contributed by atoms with Crippen LogP contribution < -0.4 is 5.32 Å². The van der Waals surface area contributed by atoms with Gasteiger partial charge in [0.05, 0.1) is 0 Å². The van der Waals surface area contributed by atoms with E-state index < -0.39 is 0 Å². The molecule has 4 heteroatoms. The molecule has 0 aliphatic carbocycles.